The van der Waals surface area contributed by atoms with Crippen molar-refractivity contribution in [1.29, 1.82) is 0 Å². The monoisotopic (exact) mass is 421 g/mol. The van der Waals surface area contributed by atoms with E-state index in [9.17, 15) is 5.11 Å². The van der Waals surface area contributed by atoms with E-state index in [2.05, 4.69) is 38.7 Å². The highest BCUT2D eigenvalue weighted by Gasteiger charge is 2.15. The number of fused-ring (bicyclic) bond motifs is 1. The Bertz CT molecular complexity index is 1350. The Morgan fingerprint density at radius 3 is 2.62 bits per heavy atom. The van der Waals surface area contributed by atoms with Gasteiger partial charge in [-0.1, -0.05) is 36.4 Å². The molecule has 0 aliphatic heterocycles. The van der Waals surface area contributed by atoms with Crippen LogP contribution in [-0.4, -0.2) is 31.9 Å². The number of hydrogen-bond donors (Lipinski definition) is 3. The summed E-state index contributed by atoms with van der Waals surface area (Å²) >= 11 is 0. The Balaban J connectivity index is 1.61. The van der Waals surface area contributed by atoms with Gasteiger partial charge in [-0.05, 0) is 48.4 Å². The molecule has 3 aromatic heterocycles. The summed E-state index contributed by atoms with van der Waals surface area (Å²) in [4.78, 5) is 9.06. The molecule has 0 amide bonds. The SMILES string of the molecule is Cc1[nH]nc2ccc(-c3cc(N[C@@H](CO)c4ccccc4)cnc3-c3cccnc3)cc12. The molecule has 158 valence electrons. The molecule has 6 nitrogen and oxygen atoms in total. The smallest absolute Gasteiger partial charge is 0.0924 e. The number of nitrogens with one attached hydrogen (secondary N) is 2. The number of aliphatic hydroxyl groups is 1. The van der Waals surface area contributed by atoms with E-state index < -0.39 is 0 Å². The standard InChI is InChI=1S/C26H23N5O/c1-17-22-12-19(9-10-24(22)31-30-17)23-13-21(15-28-26(23)20-8-5-11-27-14-20)29-25(16-32)18-6-3-2-4-7-18/h2-15,25,29,32H,16H2,1H3,(H,30,31)/t25-/m0/s1. The Morgan fingerprint density at radius 1 is 0.969 bits per heavy atom. The molecule has 32 heavy (non-hydrogen) atoms. The van der Waals surface area contributed by atoms with Crippen molar-refractivity contribution in [2.75, 3.05) is 11.9 Å². The molecular weight excluding hydrogens is 398 g/mol. The first-order chi connectivity index (χ1) is 15.7. The van der Waals surface area contributed by atoms with Crippen LogP contribution in [0.4, 0.5) is 5.69 Å². The van der Waals surface area contributed by atoms with E-state index in [1.807, 2.05) is 61.7 Å². The number of anilines is 1. The van der Waals surface area contributed by atoms with Crippen molar-refractivity contribution in [3.63, 3.8) is 0 Å². The van der Waals surface area contributed by atoms with E-state index in [0.29, 0.717) is 0 Å². The number of H-pyrrole nitrogens is 1. The number of aryl methyl sites for hydroxylation is 1. The lowest BCUT2D eigenvalue weighted by molar-refractivity contribution is 0.276. The van der Waals surface area contributed by atoms with Crippen molar-refractivity contribution in [3.8, 4) is 22.4 Å². The van der Waals surface area contributed by atoms with Crippen LogP contribution in [0.2, 0.25) is 0 Å². The molecule has 3 N–H and O–H groups in total. The molecule has 5 aromatic rings. The first kappa shape index (κ1) is 19.9. The molecule has 0 fully saturated rings. The van der Waals surface area contributed by atoms with Crippen LogP contribution < -0.4 is 5.32 Å². The Labute approximate surface area is 186 Å². The minimum Gasteiger partial charge on any atom is -0.394 e. The van der Waals surface area contributed by atoms with Crippen LogP contribution in [0.25, 0.3) is 33.3 Å². The summed E-state index contributed by atoms with van der Waals surface area (Å²) in [7, 11) is 0. The third-order valence-electron chi connectivity index (χ3n) is 5.60. The van der Waals surface area contributed by atoms with Gasteiger partial charge in [-0.15, -0.1) is 0 Å². The number of rotatable bonds is 6. The van der Waals surface area contributed by atoms with Crippen molar-refractivity contribution >= 4 is 16.6 Å². The zero-order chi connectivity index (χ0) is 21.9. The van der Waals surface area contributed by atoms with Crippen LogP contribution in [0.3, 0.4) is 0 Å². The van der Waals surface area contributed by atoms with Crippen molar-refractivity contribution < 1.29 is 5.11 Å². The molecule has 0 unspecified atom stereocenters. The summed E-state index contributed by atoms with van der Waals surface area (Å²) < 4.78 is 0. The van der Waals surface area contributed by atoms with Gasteiger partial charge in [0.2, 0.25) is 0 Å². The molecule has 0 aliphatic rings. The van der Waals surface area contributed by atoms with E-state index >= 15 is 0 Å². The molecule has 6 heteroatoms. The molecule has 0 spiro atoms. The third-order valence-corrected chi connectivity index (χ3v) is 5.60. The average molecular weight is 422 g/mol. The van der Waals surface area contributed by atoms with Gasteiger partial charge < -0.3 is 10.4 Å². The molecular formula is C26H23N5O. The second kappa shape index (κ2) is 8.61. The second-order valence-electron chi connectivity index (χ2n) is 7.73. The maximum Gasteiger partial charge on any atom is 0.0924 e. The molecule has 0 radical (unpaired) electrons. The quantitative estimate of drug-likeness (QED) is 0.353. The van der Waals surface area contributed by atoms with E-state index in [0.717, 1.165) is 50.2 Å². The van der Waals surface area contributed by atoms with Crippen molar-refractivity contribution in [2.24, 2.45) is 0 Å². The van der Waals surface area contributed by atoms with Crippen LogP contribution in [0, 0.1) is 6.92 Å². The minimum atomic E-state index is -0.228. The number of aromatic nitrogens is 4. The number of aromatic amines is 1. The third kappa shape index (κ3) is 3.84. The van der Waals surface area contributed by atoms with Crippen LogP contribution >= 0.6 is 0 Å². The van der Waals surface area contributed by atoms with Gasteiger partial charge in [0, 0.05) is 34.6 Å². The maximum atomic E-state index is 9.98. The van der Waals surface area contributed by atoms with Crippen molar-refractivity contribution in [3.05, 3.63) is 96.6 Å². The molecule has 3 heterocycles. The average Bonchev–Trinajstić information content (AvgIpc) is 3.23. The van der Waals surface area contributed by atoms with Gasteiger partial charge in [0.1, 0.15) is 0 Å². The summed E-state index contributed by atoms with van der Waals surface area (Å²) in [5.41, 5.74) is 7.62. The second-order valence-corrected chi connectivity index (χ2v) is 7.73. The summed E-state index contributed by atoms with van der Waals surface area (Å²) in [5, 5.41) is 21.9. The van der Waals surface area contributed by atoms with Gasteiger partial charge in [0.25, 0.3) is 0 Å². The molecule has 0 bridgehead atoms. The van der Waals surface area contributed by atoms with Gasteiger partial charge >= 0.3 is 0 Å². The van der Waals surface area contributed by atoms with Gasteiger partial charge in [-0.25, -0.2) is 0 Å². The molecule has 0 saturated heterocycles. The predicted molar refractivity (Wildman–Crippen MR) is 127 cm³/mol. The summed E-state index contributed by atoms with van der Waals surface area (Å²) in [6.07, 6.45) is 5.38. The number of nitrogens with zero attached hydrogens (tertiary/aromatic N) is 3. The predicted octanol–water partition coefficient (Wildman–Crippen LogP) is 5.14. The largest absolute Gasteiger partial charge is 0.394 e. The lowest BCUT2D eigenvalue weighted by Crippen LogP contribution is -2.15. The van der Waals surface area contributed by atoms with Gasteiger partial charge in [-0.3, -0.25) is 15.1 Å². The van der Waals surface area contributed by atoms with Gasteiger partial charge in [0.15, 0.2) is 0 Å². The highest BCUT2D eigenvalue weighted by Crippen LogP contribution is 2.34. The topological polar surface area (TPSA) is 86.7 Å². The molecule has 2 aromatic carbocycles. The zero-order valence-corrected chi connectivity index (χ0v) is 17.7. The highest BCUT2D eigenvalue weighted by atomic mass is 16.3. The summed E-state index contributed by atoms with van der Waals surface area (Å²) in [6.45, 7) is 1.99. The highest BCUT2D eigenvalue weighted by molar-refractivity contribution is 5.90. The summed E-state index contributed by atoms with van der Waals surface area (Å²) in [5.74, 6) is 0. The van der Waals surface area contributed by atoms with Crippen LogP contribution in [0.15, 0.2) is 85.3 Å². The van der Waals surface area contributed by atoms with Crippen molar-refractivity contribution in [2.45, 2.75) is 13.0 Å². The van der Waals surface area contributed by atoms with E-state index in [4.69, 9.17) is 4.98 Å². The van der Waals surface area contributed by atoms with Crippen LogP contribution in [-0.2, 0) is 0 Å². The normalized spacial score (nSPS) is 12.1. The molecule has 5 rings (SSSR count). The van der Waals surface area contributed by atoms with Crippen LogP contribution in [0.5, 0.6) is 0 Å². The number of hydrogen-bond acceptors (Lipinski definition) is 5. The lowest BCUT2D eigenvalue weighted by atomic mass is 9.98. The minimum absolute atomic E-state index is 0.0239. The first-order valence-corrected chi connectivity index (χ1v) is 10.5. The van der Waals surface area contributed by atoms with Gasteiger partial charge in [0.05, 0.1) is 35.7 Å². The Kier molecular flexibility index (Phi) is 5.35. The Hall–Kier alpha value is -4.03. The van der Waals surface area contributed by atoms with E-state index in [-0.39, 0.29) is 12.6 Å². The molecule has 1 atom stereocenters. The summed E-state index contributed by atoms with van der Waals surface area (Å²) in [6, 6.07) is 21.9. The number of benzene rings is 2. The Morgan fingerprint density at radius 2 is 1.84 bits per heavy atom. The van der Waals surface area contributed by atoms with Crippen LogP contribution in [0.1, 0.15) is 17.3 Å². The van der Waals surface area contributed by atoms with E-state index in [1.165, 1.54) is 0 Å². The molecule has 0 aliphatic carbocycles. The van der Waals surface area contributed by atoms with Gasteiger partial charge in [-0.2, -0.15) is 5.10 Å². The lowest BCUT2D eigenvalue weighted by Gasteiger charge is -2.19. The van der Waals surface area contributed by atoms with Crippen molar-refractivity contribution in [1.82, 2.24) is 20.2 Å². The first-order valence-electron chi connectivity index (χ1n) is 10.5. The fraction of sp³-hybridized carbons (Fsp3) is 0.115. The zero-order valence-electron chi connectivity index (χ0n) is 17.7. The fourth-order valence-corrected chi connectivity index (χ4v) is 3.92. The fourth-order valence-electron chi connectivity index (χ4n) is 3.92. The van der Waals surface area contributed by atoms with E-state index in [1.54, 1.807) is 12.4 Å². The maximum absolute atomic E-state index is 9.98. The number of pyridine rings is 2. The number of aliphatic hydroxyl groups excluding tert-OH is 1. The molecule has 0 saturated carbocycles.